The Morgan fingerprint density at radius 3 is 2.97 bits per heavy atom. The molecule has 1 fully saturated rings. The maximum absolute atomic E-state index is 13.0. The van der Waals surface area contributed by atoms with E-state index in [9.17, 15) is 9.59 Å². The van der Waals surface area contributed by atoms with Crippen LogP contribution in [0.2, 0.25) is 5.02 Å². The zero-order valence-corrected chi connectivity index (χ0v) is 18.3. The number of anilines is 1. The van der Waals surface area contributed by atoms with Crippen LogP contribution in [-0.4, -0.2) is 51.0 Å². The van der Waals surface area contributed by atoms with Crippen LogP contribution in [0.15, 0.2) is 40.5 Å². The van der Waals surface area contributed by atoms with Crippen molar-refractivity contribution in [2.45, 2.75) is 30.6 Å². The van der Waals surface area contributed by atoms with Crippen LogP contribution in [0.3, 0.4) is 0 Å². The van der Waals surface area contributed by atoms with Gasteiger partial charge in [-0.25, -0.2) is 15.0 Å². The van der Waals surface area contributed by atoms with Gasteiger partial charge < -0.3 is 14.8 Å². The van der Waals surface area contributed by atoms with E-state index >= 15 is 0 Å². The van der Waals surface area contributed by atoms with Crippen molar-refractivity contribution in [3.05, 3.63) is 46.0 Å². The lowest BCUT2D eigenvalue weighted by Crippen LogP contribution is -2.30. The van der Waals surface area contributed by atoms with E-state index in [0.717, 1.165) is 24.6 Å². The van der Waals surface area contributed by atoms with Crippen molar-refractivity contribution in [1.29, 1.82) is 0 Å². The Balaban J connectivity index is 1.53. The summed E-state index contributed by atoms with van der Waals surface area (Å²) in [5, 5.41) is 3.58. The first-order chi connectivity index (χ1) is 15.0. The van der Waals surface area contributed by atoms with Crippen molar-refractivity contribution < 1.29 is 14.3 Å². The minimum Gasteiger partial charge on any atom is -0.495 e. The van der Waals surface area contributed by atoms with E-state index in [1.807, 2.05) is 0 Å². The third-order valence-electron chi connectivity index (χ3n) is 4.74. The molecule has 1 aliphatic rings. The van der Waals surface area contributed by atoms with Crippen molar-refractivity contribution in [2.75, 3.05) is 24.8 Å². The molecule has 0 radical (unpaired) electrons. The van der Waals surface area contributed by atoms with Gasteiger partial charge in [0, 0.05) is 24.7 Å². The zero-order chi connectivity index (χ0) is 21.8. The third-order valence-corrected chi connectivity index (χ3v) is 6.01. The number of nitrogens with one attached hydrogen (secondary N) is 1. The highest BCUT2D eigenvalue weighted by molar-refractivity contribution is 7.99. The minimum absolute atomic E-state index is 0.0490. The molecule has 1 amide bonds. The first-order valence-electron chi connectivity index (χ1n) is 9.64. The number of thioether (sulfide) groups is 1. The molecule has 162 valence electrons. The molecular weight excluding hydrogens is 442 g/mol. The molecule has 1 atom stereocenters. The number of aromatic nitrogens is 4. The lowest BCUT2D eigenvalue weighted by Gasteiger charge is -2.16. The summed E-state index contributed by atoms with van der Waals surface area (Å²) in [5.41, 5.74) is 0.701. The van der Waals surface area contributed by atoms with Crippen molar-refractivity contribution in [1.82, 2.24) is 19.5 Å². The Bertz CT molecular complexity index is 1170. The maximum Gasteiger partial charge on any atom is 0.282 e. The summed E-state index contributed by atoms with van der Waals surface area (Å²) in [7, 11) is 1.52. The van der Waals surface area contributed by atoms with E-state index in [1.54, 1.807) is 18.2 Å². The molecule has 11 heteroatoms. The molecule has 0 aliphatic carbocycles. The Kier molecular flexibility index (Phi) is 6.69. The van der Waals surface area contributed by atoms with Gasteiger partial charge in [0.25, 0.3) is 5.56 Å². The van der Waals surface area contributed by atoms with Gasteiger partial charge in [-0.05, 0) is 31.0 Å². The SMILES string of the molecule is COc1ccc(NC(=O)CSc2nc3nccnc3c(=O)n2C[C@H]2CCCO2)cc1Cl. The van der Waals surface area contributed by atoms with Crippen molar-refractivity contribution in [3.63, 3.8) is 0 Å². The maximum atomic E-state index is 13.0. The predicted octanol–water partition coefficient (Wildman–Crippen LogP) is 2.76. The number of hydrogen-bond donors (Lipinski definition) is 1. The van der Waals surface area contributed by atoms with Crippen molar-refractivity contribution >= 4 is 46.1 Å². The molecule has 0 unspecified atom stereocenters. The molecule has 0 spiro atoms. The van der Waals surface area contributed by atoms with Gasteiger partial charge in [0.1, 0.15) is 5.75 Å². The van der Waals surface area contributed by atoms with E-state index < -0.39 is 0 Å². The number of ether oxygens (including phenoxy) is 2. The fraction of sp³-hybridized carbons (Fsp3) is 0.350. The summed E-state index contributed by atoms with van der Waals surface area (Å²) >= 11 is 7.26. The molecule has 1 N–H and O–H groups in total. The topological polar surface area (TPSA) is 108 Å². The van der Waals surface area contributed by atoms with Crippen LogP contribution in [0, 0.1) is 0 Å². The van der Waals surface area contributed by atoms with E-state index in [4.69, 9.17) is 21.1 Å². The summed E-state index contributed by atoms with van der Waals surface area (Å²) in [5.74, 6) is 0.310. The Morgan fingerprint density at radius 1 is 1.39 bits per heavy atom. The molecule has 0 saturated carbocycles. The largest absolute Gasteiger partial charge is 0.495 e. The molecule has 2 aromatic heterocycles. The van der Waals surface area contributed by atoms with E-state index in [1.165, 1.54) is 24.1 Å². The van der Waals surface area contributed by atoms with Crippen molar-refractivity contribution in [2.24, 2.45) is 0 Å². The van der Waals surface area contributed by atoms with E-state index in [2.05, 4.69) is 20.3 Å². The molecule has 3 aromatic rings. The standard InChI is InChI=1S/C20H20ClN5O4S/c1-29-15-5-4-12(9-14(15)21)24-16(27)11-31-20-25-18-17(22-6-7-23-18)19(28)26(20)10-13-3-2-8-30-13/h4-7,9,13H,2-3,8,10-11H2,1H3,(H,24,27)/t13-/m1/s1. The number of fused-ring (bicyclic) bond motifs is 1. The molecule has 3 heterocycles. The lowest BCUT2D eigenvalue weighted by molar-refractivity contribution is -0.113. The van der Waals surface area contributed by atoms with E-state index in [0.29, 0.717) is 34.8 Å². The summed E-state index contributed by atoms with van der Waals surface area (Å²) in [4.78, 5) is 38.2. The molecule has 1 aliphatic heterocycles. The van der Waals surface area contributed by atoms with Gasteiger partial charge in [0.15, 0.2) is 16.3 Å². The fourth-order valence-corrected chi connectivity index (χ4v) is 4.32. The van der Waals surface area contributed by atoms with Gasteiger partial charge >= 0.3 is 0 Å². The minimum atomic E-state index is -0.293. The fourth-order valence-electron chi connectivity index (χ4n) is 3.26. The van der Waals surface area contributed by atoms with Gasteiger partial charge in [-0.3, -0.25) is 14.2 Å². The monoisotopic (exact) mass is 461 g/mol. The first-order valence-corrected chi connectivity index (χ1v) is 11.0. The van der Waals surface area contributed by atoms with Gasteiger partial charge in [0.05, 0.1) is 30.5 Å². The normalized spacial score (nSPS) is 15.9. The Labute approximate surface area is 187 Å². The van der Waals surface area contributed by atoms with Gasteiger partial charge in [0.2, 0.25) is 5.91 Å². The number of amides is 1. The summed E-state index contributed by atoms with van der Waals surface area (Å²) < 4.78 is 12.3. The predicted molar refractivity (Wildman–Crippen MR) is 118 cm³/mol. The van der Waals surface area contributed by atoms with Crippen LogP contribution >= 0.6 is 23.4 Å². The number of carbonyl (C=O) groups excluding carboxylic acids is 1. The second kappa shape index (κ2) is 9.63. The summed E-state index contributed by atoms with van der Waals surface area (Å²) in [6, 6.07) is 4.98. The number of nitrogens with zero attached hydrogens (tertiary/aromatic N) is 4. The van der Waals surface area contributed by atoms with Crippen molar-refractivity contribution in [3.8, 4) is 5.75 Å². The molecule has 4 rings (SSSR count). The van der Waals surface area contributed by atoms with E-state index in [-0.39, 0.29) is 34.5 Å². The van der Waals surface area contributed by atoms with Crippen LogP contribution in [0.5, 0.6) is 5.75 Å². The Morgan fingerprint density at radius 2 is 2.23 bits per heavy atom. The highest BCUT2D eigenvalue weighted by atomic mass is 35.5. The lowest BCUT2D eigenvalue weighted by atomic mass is 10.2. The van der Waals surface area contributed by atoms with Gasteiger partial charge in [-0.1, -0.05) is 23.4 Å². The molecule has 31 heavy (non-hydrogen) atoms. The highest BCUT2D eigenvalue weighted by Gasteiger charge is 2.21. The zero-order valence-electron chi connectivity index (χ0n) is 16.7. The molecule has 9 nitrogen and oxygen atoms in total. The van der Waals surface area contributed by atoms with Crippen LogP contribution in [0.1, 0.15) is 12.8 Å². The van der Waals surface area contributed by atoms with Crippen LogP contribution in [0.25, 0.3) is 11.2 Å². The summed E-state index contributed by atoms with van der Waals surface area (Å²) in [6.07, 6.45) is 4.70. The highest BCUT2D eigenvalue weighted by Crippen LogP contribution is 2.27. The van der Waals surface area contributed by atoms with Crippen LogP contribution < -0.4 is 15.6 Å². The molecule has 0 bridgehead atoms. The molecular formula is C20H20ClN5O4S. The number of methoxy groups -OCH3 is 1. The molecule has 1 aromatic carbocycles. The second-order valence-electron chi connectivity index (χ2n) is 6.86. The quantitative estimate of drug-likeness (QED) is 0.422. The number of benzene rings is 1. The summed E-state index contributed by atoms with van der Waals surface area (Å²) in [6.45, 7) is 1.03. The van der Waals surface area contributed by atoms with Gasteiger partial charge in [-0.2, -0.15) is 0 Å². The smallest absolute Gasteiger partial charge is 0.282 e. The number of hydrogen-bond acceptors (Lipinski definition) is 8. The van der Waals surface area contributed by atoms with Crippen LogP contribution in [0.4, 0.5) is 5.69 Å². The second-order valence-corrected chi connectivity index (χ2v) is 8.21. The molecule has 1 saturated heterocycles. The van der Waals surface area contributed by atoms with Crippen LogP contribution in [-0.2, 0) is 16.1 Å². The number of halogens is 1. The number of carbonyl (C=O) groups is 1. The van der Waals surface area contributed by atoms with Gasteiger partial charge in [-0.15, -0.1) is 0 Å². The number of rotatable bonds is 7. The average Bonchev–Trinajstić information content (AvgIpc) is 3.28. The third kappa shape index (κ3) is 4.97. The average molecular weight is 462 g/mol. The first kappa shape index (κ1) is 21.5. The Hall–Kier alpha value is -2.69.